The standard InChI is InChI=1S/C10H17ClN4O/c1-6-14-8(11)7(12)9(15-6)13-4-10(2,3)5-16/h16H,4-5,12H2,1-3H3,(H,13,14,15). The van der Waals surface area contributed by atoms with E-state index in [-0.39, 0.29) is 17.2 Å². The Hall–Kier alpha value is -1.07. The summed E-state index contributed by atoms with van der Waals surface area (Å²) in [4.78, 5) is 8.10. The topological polar surface area (TPSA) is 84.1 Å². The Balaban J connectivity index is 2.82. The van der Waals surface area contributed by atoms with Crippen molar-refractivity contribution in [1.82, 2.24) is 9.97 Å². The van der Waals surface area contributed by atoms with Gasteiger partial charge in [0, 0.05) is 18.6 Å². The Morgan fingerprint density at radius 2 is 2.06 bits per heavy atom. The van der Waals surface area contributed by atoms with Gasteiger partial charge < -0.3 is 16.2 Å². The summed E-state index contributed by atoms with van der Waals surface area (Å²) in [5.41, 5.74) is 5.84. The molecule has 0 aliphatic carbocycles. The normalized spacial score (nSPS) is 11.6. The Bertz CT molecular complexity index is 381. The van der Waals surface area contributed by atoms with Crippen molar-refractivity contribution in [3.63, 3.8) is 0 Å². The number of nitrogens with two attached hydrogens (primary N) is 1. The van der Waals surface area contributed by atoms with E-state index >= 15 is 0 Å². The highest BCUT2D eigenvalue weighted by atomic mass is 35.5. The lowest BCUT2D eigenvalue weighted by atomic mass is 9.95. The largest absolute Gasteiger partial charge is 0.396 e. The van der Waals surface area contributed by atoms with Crippen LogP contribution in [0.5, 0.6) is 0 Å². The number of anilines is 2. The fourth-order valence-corrected chi connectivity index (χ4v) is 1.27. The summed E-state index contributed by atoms with van der Waals surface area (Å²) in [5.74, 6) is 1.07. The van der Waals surface area contributed by atoms with Gasteiger partial charge in [0.2, 0.25) is 0 Å². The Morgan fingerprint density at radius 1 is 1.44 bits per heavy atom. The van der Waals surface area contributed by atoms with Gasteiger partial charge in [-0.25, -0.2) is 9.97 Å². The molecule has 0 aliphatic heterocycles. The molecule has 1 rings (SSSR count). The van der Waals surface area contributed by atoms with Crippen LogP contribution in [0.15, 0.2) is 0 Å². The number of aliphatic hydroxyl groups is 1. The zero-order valence-electron chi connectivity index (χ0n) is 9.71. The molecule has 0 atom stereocenters. The van der Waals surface area contributed by atoms with Crippen LogP contribution in [0.3, 0.4) is 0 Å². The number of nitrogens with one attached hydrogen (secondary N) is 1. The molecule has 0 saturated heterocycles. The highest BCUT2D eigenvalue weighted by Crippen LogP contribution is 2.24. The van der Waals surface area contributed by atoms with Crippen LogP contribution in [0.25, 0.3) is 0 Å². The highest BCUT2D eigenvalue weighted by Gasteiger charge is 2.17. The molecular formula is C10H17ClN4O. The summed E-state index contributed by atoms with van der Waals surface area (Å²) in [6.07, 6.45) is 0. The van der Waals surface area contributed by atoms with Crippen molar-refractivity contribution >= 4 is 23.1 Å². The average molecular weight is 245 g/mol. The monoisotopic (exact) mass is 244 g/mol. The van der Waals surface area contributed by atoms with Gasteiger partial charge in [0.1, 0.15) is 11.5 Å². The molecular weight excluding hydrogens is 228 g/mol. The van der Waals surface area contributed by atoms with E-state index in [0.717, 1.165) is 0 Å². The number of aliphatic hydroxyl groups excluding tert-OH is 1. The first-order valence-electron chi connectivity index (χ1n) is 5.00. The third kappa shape index (κ3) is 3.21. The Morgan fingerprint density at radius 3 is 2.62 bits per heavy atom. The average Bonchev–Trinajstić information content (AvgIpc) is 2.21. The first-order chi connectivity index (χ1) is 7.35. The van der Waals surface area contributed by atoms with Gasteiger partial charge in [0.25, 0.3) is 0 Å². The van der Waals surface area contributed by atoms with Crippen molar-refractivity contribution in [3.8, 4) is 0 Å². The van der Waals surface area contributed by atoms with Crippen molar-refractivity contribution in [1.29, 1.82) is 0 Å². The maximum atomic E-state index is 9.12. The third-order valence-electron chi connectivity index (χ3n) is 2.17. The fourth-order valence-electron chi connectivity index (χ4n) is 1.06. The van der Waals surface area contributed by atoms with Gasteiger partial charge in [-0.1, -0.05) is 25.4 Å². The van der Waals surface area contributed by atoms with E-state index in [1.165, 1.54) is 0 Å². The van der Waals surface area contributed by atoms with Gasteiger partial charge in [-0.15, -0.1) is 0 Å². The van der Waals surface area contributed by atoms with E-state index in [2.05, 4.69) is 15.3 Å². The maximum absolute atomic E-state index is 9.12. The van der Waals surface area contributed by atoms with E-state index in [4.69, 9.17) is 22.4 Å². The predicted molar refractivity (Wildman–Crippen MR) is 65.5 cm³/mol. The van der Waals surface area contributed by atoms with Crippen LogP contribution in [-0.4, -0.2) is 28.2 Å². The number of aryl methyl sites for hydroxylation is 1. The quantitative estimate of drug-likeness (QED) is 0.699. The Labute approximate surface area is 100 Å². The van der Waals surface area contributed by atoms with Gasteiger partial charge >= 0.3 is 0 Å². The van der Waals surface area contributed by atoms with Crippen molar-refractivity contribution in [2.45, 2.75) is 20.8 Å². The van der Waals surface area contributed by atoms with Gasteiger partial charge in [0.05, 0.1) is 0 Å². The minimum atomic E-state index is -0.238. The number of nitrogens with zero attached hydrogens (tertiary/aromatic N) is 2. The lowest BCUT2D eigenvalue weighted by Gasteiger charge is -2.22. The number of nitrogen functional groups attached to an aromatic ring is 1. The molecule has 6 heteroatoms. The van der Waals surface area contributed by atoms with Crippen LogP contribution in [0.1, 0.15) is 19.7 Å². The molecule has 1 heterocycles. The summed E-state index contributed by atoms with van der Waals surface area (Å²) in [7, 11) is 0. The summed E-state index contributed by atoms with van der Waals surface area (Å²) in [6, 6.07) is 0. The number of hydrogen-bond acceptors (Lipinski definition) is 5. The second-order valence-electron chi connectivity index (χ2n) is 4.50. The van der Waals surface area contributed by atoms with E-state index in [1.54, 1.807) is 6.92 Å². The summed E-state index contributed by atoms with van der Waals surface area (Å²) in [5, 5.41) is 12.4. The molecule has 90 valence electrons. The molecule has 1 aromatic heterocycles. The lowest BCUT2D eigenvalue weighted by molar-refractivity contribution is 0.170. The van der Waals surface area contributed by atoms with Crippen LogP contribution >= 0.6 is 11.6 Å². The number of hydrogen-bond donors (Lipinski definition) is 3. The summed E-state index contributed by atoms with van der Waals surface area (Å²) >= 11 is 5.84. The molecule has 0 aliphatic rings. The van der Waals surface area contributed by atoms with Crippen LogP contribution < -0.4 is 11.1 Å². The highest BCUT2D eigenvalue weighted by molar-refractivity contribution is 6.32. The molecule has 0 unspecified atom stereocenters. The van der Waals surface area contributed by atoms with Gasteiger partial charge in [-0.2, -0.15) is 0 Å². The number of rotatable bonds is 4. The molecule has 0 radical (unpaired) electrons. The van der Waals surface area contributed by atoms with Crippen molar-refractivity contribution in [2.24, 2.45) is 5.41 Å². The maximum Gasteiger partial charge on any atom is 0.157 e. The predicted octanol–water partition coefficient (Wildman–Crippen LogP) is 1.45. The molecule has 0 bridgehead atoms. The molecule has 0 fully saturated rings. The fraction of sp³-hybridized carbons (Fsp3) is 0.600. The second-order valence-corrected chi connectivity index (χ2v) is 4.86. The minimum absolute atomic E-state index is 0.0811. The van der Waals surface area contributed by atoms with Crippen molar-refractivity contribution < 1.29 is 5.11 Å². The number of halogens is 1. The van der Waals surface area contributed by atoms with Crippen LogP contribution in [0.4, 0.5) is 11.5 Å². The van der Waals surface area contributed by atoms with Gasteiger partial charge in [0.15, 0.2) is 11.0 Å². The molecule has 0 spiro atoms. The molecule has 4 N–H and O–H groups in total. The van der Waals surface area contributed by atoms with Crippen LogP contribution in [0.2, 0.25) is 5.15 Å². The Kier molecular flexibility index (Phi) is 3.93. The first kappa shape index (κ1) is 13.0. The molecule has 0 saturated carbocycles. The van der Waals surface area contributed by atoms with Crippen LogP contribution in [0, 0.1) is 12.3 Å². The summed E-state index contributed by atoms with van der Waals surface area (Å²) < 4.78 is 0. The number of aromatic nitrogens is 2. The first-order valence-corrected chi connectivity index (χ1v) is 5.38. The van der Waals surface area contributed by atoms with Crippen molar-refractivity contribution in [2.75, 3.05) is 24.2 Å². The zero-order chi connectivity index (χ0) is 12.3. The smallest absolute Gasteiger partial charge is 0.157 e. The minimum Gasteiger partial charge on any atom is -0.396 e. The SMILES string of the molecule is Cc1nc(Cl)c(N)c(NCC(C)(C)CO)n1. The molecule has 0 amide bonds. The molecule has 0 aromatic carbocycles. The van der Waals surface area contributed by atoms with E-state index < -0.39 is 0 Å². The van der Waals surface area contributed by atoms with Crippen molar-refractivity contribution in [3.05, 3.63) is 11.0 Å². The van der Waals surface area contributed by atoms with E-state index in [1.807, 2.05) is 13.8 Å². The zero-order valence-corrected chi connectivity index (χ0v) is 10.5. The molecule has 16 heavy (non-hydrogen) atoms. The third-order valence-corrected chi connectivity index (χ3v) is 2.46. The van der Waals surface area contributed by atoms with Gasteiger partial charge in [-0.05, 0) is 6.92 Å². The van der Waals surface area contributed by atoms with Gasteiger partial charge in [-0.3, -0.25) is 0 Å². The summed E-state index contributed by atoms with van der Waals surface area (Å²) in [6.45, 7) is 6.25. The molecule has 5 nitrogen and oxygen atoms in total. The van der Waals surface area contributed by atoms with E-state index in [0.29, 0.717) is 23.9 Å². The second kappa shape index (κ2) is 4.84. The van der Waals surface area contributed by atoms with Crippen LogP contribution in [-0.2, 0) is 0 Å². The molecule has 1 aromatic rings. The van der Waals surface area contributed by atoms with E-state index in [9.17, 15) is 0 Å². The lowest BCUT2D eigenvalue weighted by Crippen LogP contribution is -2.27.